The van der Waals surface area contributed by atoms with Crippen molar-refractivity contribution >= 4 is 15.9 Å². The summed E-state index contributed by atoms with van der Waals surface area (Å²) >= 11 is 0. The molecule has 1 saturated carbocycles. The molecule has 2 N–H and O–H groups in total. The molecule has 0 spiro atoms. The number of sulfonamides is 1. The lowest BCUT2D eigenvalue weighted by Gasteiger charge is -2.13. The molecule has 150 valence electrons. The Morgan fingerprint density at radius 1 is 1.00 bits per heavy atom. The first-order valence-corrected chi connectivity index (χ1v) is 10.7. The number of carbonyl (C=O) groups excluding carboxylic acids is 1. The zero-order chi connectivity index (χ0) is 20.1. The Morgan fingerprint density at radius 2 is 1.68 bits per heavy atom. The van der Waals surface area contributed by atoms with Crippen molar-refractivity contribution in [3.05, 3.63) is 65.2 Å². The summed E-state index contributed by atoms with van der Waals surface area (Å²) in [7, 11) is -3.52. The maximum atomic E-state index is 13.2. The molecule has 0 unspecified atom stereocenters. The van der Waals surface area contributed by atoms with Crippen LogP contribution in [-0.2, 0) is 16.4 Å². The molecule has 2 aromatic carbocycles. The van der Waals surface area contributed by atoms with Gasteiger partial charge in [0.05, 0.1) is 4.90 Å². The normalized spacial score (nSPS) is 14.9. The van der Waals surface area contributed by atoms with Gasteiger partial charge in [-0.15, -0.1) is 0 Å². The largest absolute Gasteiger partial charge is 0.352 e. The standard InChI is InChI=1S/C20H22F2N2O3S/c21-18-10-7-15(13-19(18)22)20(25)23-12-11-14-5-8-17(9-6-14)28(26,27)24-16-3-1-2-4-16/h5-10,13,16,24H,1-4,11-12H2,(H,23,25). The molecule has 1 fully saturated rings. The van der Waals surface area contributed by atoms with Crippen LogP contribution < -0.4 is 10.0 Å². The van der Waals surface area contributed by atoms with Crippen molar-refractivity contribution in [2.45, 2.75) is 43.0 Å². The highest BCUT2D eigenvalue weighted by molar-refractivity contribution is 7.89. The topological polar surface area (TPSA) is 75.3 Å². The molecule has 5 nitrogen and oxygen atoms in total. The number of benzene rings is 2. The summed E-state index contributed by atoms with van der Waals surface area (Å²) in [5.74, 6) is -2.58. The predicted molar refractivity (Wildman–Crippen MR) is 101 cm³/mol. The van der Waals surface area contributed by atoms with Crippen LogP contribution in [0.2, 0.25) is 0 Å². The highest BCUT2D eigenvalue weighted by Gasteiger charge is 2.22. The first-order valence-electron chi connectivity index (χ1n) is 9.20. The minimum atomic E-state index is -3.52. The molecule has 1 amide bonds. The van der Waals surface area contributed by atoms with Crippen molar-refractivity contribution in [2.75, 3.05) is 6.54 Å². The van der Waals surface area contributed by atoms with Gasteiger partial charge in [-0.05, 0) is 55.2 Å². The Bertz CT molecular complexity index is 940. The second-order valence-electron chi connectivity index (χ2n) is 6.88. The van der Waals surface area contributed by atoms with Gasteiger partial charge in [0.15, 0.2) is 11.6 Å². The molecule has 0 aliphatic heterocycles. The van der Waals surface area contributed by atoms with Crippen LogP contribution in [0.3, 0.4) is 0 Å². The fourth-order valence-electron chi connectivity index (χ4n) is 3.23. The van der Waals surface area contributed by atoms with E-state index >= 15 is 0 Å². The minimum Gasteiger partial charge on any atom is -0.352 e. The van der Waals surface area contributed by atoms with Crippen molar-refractivity contribution < 1.29 is 22.0 Å². The van der Waals surface area contributed by atoms with Gasteiger partial charge in [0.25, 0.3) is 5.91 Å². The molecule has 1 aliphatic carbocycles. The van der Waals surface area contributed by atoms with Gasteiger partial charge < -0.3 is 5.32 Å². The van der Waals surface area contributed by atoms with Crippen LogP contribution in [0.4, 0.5) is 8.78 Å². The summed E-state index contributed by atoms with van der Waals surface area (Å²) in [4.78, 5) is 12.2. The number of amides is 1. The van der Waals surface area contributed by atoms with E-state index in [1.807, 2.05) is 0 Å². The third-order valence-corrected chi connectivity index (χ3v) is 6.33. The van der Waals surface area contributed by atoms with Gasteiger partial charge in [0.2, 0.25) is 10.0 Å². The molecule has 3 rings (SSSR count). The second-order valence-corrected chi connectivity index (χ2v) is 8.60. The highest BCUT2D eigenvalue weighted by Crippen LogP contribution is 2.20. The van der Waals surface area contributed by atoms with Crippen molar-refractivity contribution in [2.24, 2.45) is 0 Å². The third-order valence-electron chi connectivity index (χ3n) is 4.79. The number of halogens is 2. The van der Waals surface area contributed by atoms with Crippen LogP contribution in [0, 0.1) is 11.6 Å². The zero-order valence-corrected chi connectivity index (χ0v) is 16.1. The summed E-state index contributed by atoms with van der Waals surface area (Å²) in [6.07, 6.45) is 4.31. The Hall–Kier alpha value is -2.32. The fraction of sp³-hybridized carbons (Fsp3) is 0.350. The maximum absolute atomic E-state index is 13.2. The van der Waals surface area contributed by atoms with Crippen LogP contribution in [-0.4, -0.2) is 26.9 Å². The van der Waals surface area contributed by atoms with E-state index in [2.05, 4.69) is 10.0 Å². The molecule has 0 atom stereocenters. The predicted octanol–water partition coefficient (Wildman–Crippen LogP) is 3.16. The maximum Gasteiger partial charge on any atom is 0.251 e. The van der Waals surface area contributed by atoms with Crippen molar-refractivity contribution in [1.82, 2.24) is 10.0 Å². The Balaban J connectivity index is 1.52. The molecule has 1 aliphatic rings. The van der Waals surface area contributed by atoms with E-state index in [0.29, 0.717) is 6.42 Å². The molecule has 0 aromatic heterocycles. The van der Waals surface area contributed by atoms with Gasteiger partial charge in [0, 0.05) is 18.2 Å². The average Bonchev–Trinajstić information content (AvgIpc) is 3.16. The van der Waals surface area contributed by atoms with Crippen LogP contribution in [0.1, 0.15) is 41.6 Å². The van der Waals surface area contributed by atoms with E-state index < -0.39 is 27.6 Å². The molecular formula is C20H22F2N2O3S. The molecule has 28 heavy (non-hydrogen) atoms. The quantitative estimate of drug-likeness (QED) is 0.739. The molecule has 8 heteroatoms. The molecular weight excluding hydrogens is 386 g/mol. The monoisotopic (exact) mass is 408 g/mol. The van der Waals surface area contributed by atoms with Gasteiger partial charge in [0.1, 0.15) is 0 Å². The van der Waals surface area contributed by atoms with Crippen molar-refractivity contribution in [3.8, 4) is 0 Å². The summed E-state index contributed by atoms with van der Waals surface area (Å²) in [6, 6.07) is 9.47. The van der Waals surface area contributed by atoms with Gasteiger partial charge in [-0.25, -0.2) is 21.9 Å². The summed E-state index contributed by atoms with van der Waals surface area (Å²) in [5, 5.41) is 2.63. The van der Waals surface area contributed by atoms with Crippen molar-refractivity contribution in [3.63, 3.8) is 0 Å². The van der Waals surface area contributed by atoms with E-state index in [1.165, 1.54) is 6.07 Å². The Morgan fingerprint density at radius 3 is 2.32 bits per heavy atom. The molecule has 0 heterocycles. The van der Waals surface area contributed by atoms with E-state index in [1.54, 1.807) is 24.3 Å². The second kappa shape index (κ2) is 8.79. The summed E-state index contributed by atoms with van der Waals surface area (Å²) < 4.78 is 53.6. The lowest BCUT2D eigenvalue weighted by molar-refractivity contribution is 0.0953. The number of hydrogen-bond donors (Lipinski definition) is 2. The fourth-order valence-corrected chi connectivity index (χ4v) is 4.53. The molecule has 0 radical (unpaired) electrons. The van der Waals surface area contributed by atoms with Crippen LogP contribution in [0.5, 0.6) is 0 Å². The lowest BCUT2D eigenvalue weighted by Crippen LogP contribution is -2.32. The third kappa shape index (κ3) is 5.14. The van der Waals surface area contributed by atoms with Gasteiger partial charge in [-0.1, -0.05) is 25.0 Å². The van der Waals surface area contributed by atoms with E-state index in [-0.39, 0.29) is 23.0 Å². The minimum absolute atomic E-state index is 0.0104. The summed E-state index contributed by atoms with van der Waals surface area (Å²) in [5.41, 5.74) is 0.892. The first kappa shape index (κ1) is 20.4. The zero-order valence-electron chi connectivity index (χ0n) is 15.3. The van der Waals surface area contributed by atoms with E-state index in [9.17, 15) is 22.0 Å². The smallest absolute Gasteiger partial charge is 0.251 e. The van der Waals surface area contributed by atoms with Crippen LogP contribution >= 0.6 is 0 Å². The van der Waals surface area contributed by atoms with Crippen molar-refractivity contribution in [1.29, 1.82) is 0 Å². The molecule has 2 aromatic rings. The van der Waals surface area contributed by atoms with Crippen LogP contribution in [0.15, 0.2) is 47.4 Å². The Labute approximate surface area is 163 Å². The van der Waals surface area contributed by atoms with Gasteiger partial charge in [-0.2, -0.15) is 0 Å². The number of hydrogen-bond acceptors (Lipinski definition) is 3. The Kier molecular flexibility index (Phi) is 6.41. The molecule has 0 saturated heterocycles. The van der Waals surface area contributed by atoms with E-state index in [4.69, 9.17) is 0 Å². The highest BCUT2D eigenvalue weighted by atomic mass is 32.2. The van der Waals surface area contributed by atoms with E-state index in [0.717, 1.165) is 43.4 Å². The van der Waals surface area contributed by atoms with Crippen LogP contribution in [0.25, 0.3) is 0 Å². The van der Waals surface area contributed by atoms with Gasteiger partial charge >= 0.3 is 0 Å². The number of rotatable bonds is 7. The first-order chi connectivity index (χ1) is 13.3. The number of carbonyl (C=O) groups is 1. The SMILES string of the molecule is O=C(NCCc1ccc(S(=O)(=O)NC2CCCC2)cc1)c1ccc(F)c(F)c1. The summed E-state index contributed by atoms with van der Waals surface area (Å²) in [6.45, 7) is 0.282. The lowest BCUT2D eigenvalue weighted by atomic mass is 10.1. The average molecular weight is 408 g/mol. The molecule has 0 bridgehead atoms. The van der Waals surface area contributed by atoms with Gasteiger partial charge in [-0.3, -0.25) is 4.79 Å². The number of nitrogens with one attached hydrogen (secondary N) is 2.